The van der Waals surface area contributed by atoms with Gasteiger partial charge in [0.2, 0.25) is 0 Å². The number of carboxylic acid groups (broad SMARTS) is 1. The van der Waals surface area contributed by atoms with Gasteiger partial charge in [-0.15, -0.1) is 0 Å². The van der Waals surface area contributed by atoms with Crippen LogP contribution < -0.4 is 11.1 Å². The minimum absolute atomic E-state index is 0.0817. The zero-order valence-electron chi connectivity index (χ0n) is 8.57. The lowest BCUT2D eigenvalue weighted by Gasteiger charge is -2.16. The van der Waals surface area contributed by atoms with Crippen molar-refractivity contribution in [3.05, 3.63) is 0 Å². The number of carboxylic acids is 1. The fourth-order valence-corrected chi connectivity index (χ4v) is 1.21. The molecule has 2 atom stereocenters. The van der Waals surface area contributed by atoms with E-state index in [0.717, 1.165) is 12.8 Å². The molecule has 4 N–H and O–H groups in total. The van der Waals surface area contributed by atoms with E-state index in [4.69, 9.17) is 10.8 Å². The Hall–Kier alpha value is -0.260. The molecule has 0 saturated carbocycles. The molecule has 0 aromatic heterocycles. The van der Waals surface area contributed by atoms with Gasteiger partial charge in [0.1, 0.15) is 6.04 Å². The molecular formula is C9H20N2O2S. The highest BCUT2D eigenvalue weighted by molar-refractivity contribution is 7.80. The molecule has 0 spiro atoms. The molecule has 0 rings (SSSR count). The first-order valence-electron chi connectivity index (χ1n) is 4.94. The smallest absolute Gasteiger partial charge is 0.320 e. The third kappa shape index (κ3) is 6.23. The van der Waals surface area contributed by atoms with Crippen LogP contribution in [0.2, 0.25) is 0 Å². The van der Waals surface area contributed by atoms with Gasteiger partial charge in [-0.3, -0.25) is 4.79 Å². The van der Waals surface area contributed by atoms with E-state index in [1.807, 2.05) is 6.92 Å². The van der Waals surface area contributed by atoms with E-state index in [-0.39, 0.29) is 6.04 Å². The molecular weight excluding hydrogens is 200 g/mol. The Morgan fingerprint density at radius 1 is 1.64 bits per heavy atom. The standard InChI is InChI=1S/C9H20N2O2S/c1-2-3-4-8(9(12)13)11-5-7(10)6-14/h7-8,11,14H,2-6,10H2,1H3,(H,12,13)/t7-,8+/m1/s1. The van der Waals surface area contributed by atoms with Gasteiger partial charge in [0, 0.05) is 18.3 Å². The summed E-state index contributed by atoms with van der Waals surface area (Å²) in [6.45, 7) is 2.54. The Bertz CT molecular complexity index is 167. The van der Waals surface area contributed by atoms with Crippen LogP contribution in [0.1, 0.15) is 26.2 Å². The van der Waals surface area contributed by atoms with Gasteiger partial charge in [-0.1, -0.05) is 19.8 Å². The third-order valence-corrected chi connectivity index (χ3v) is 2.47. The van der Waals surface area contributed by atoms with Crippen LogP contribution in [0.5, 0.6) is 0 Å². The van der Waals surface area contributed by atoms with Crippen molar-refractivity contribution in [1.82, 2.24) is 5.32 Å². The summed E-state index contributed by atoms with van der Waals surface area (Å²) in [5.41, 5.74) is 5.62. The molecule has 0 radical (unpaired) electrons. The number of unbranched alkanes of at least 4 members (excludes halogenated alkanes) is 1. The maximum absolute atomic E-state index is 10.8. The zero-order valence-corrected chi connectivity index (χ0v) is 9.46. The summed E-state index contributed by atoms with van der Waals surface area (Å²) in [5, 5.41) is 11.8. The van der Waals surface area contributed by atoms with Crippen LogP contribution in [0.15, 0.2) is 0 Å². The quantitative estimate of drug-likeness (QED) is 0.449. The lowest BCUT2D eigenvalue weighted by atomic mass is 10.1. The van der Waals surface area contributed by atoms with Crippen LogP contribution >= 0.6 is 12.6 Å². The lowest BCUT2D eigenvalue weighted by molar-refractivity contribution is -0.139. The minimum atomic E-state index is -0.801. The molecule has 5 heteroatoms. The monoisotopic (exact) mass is 220 g/mol. The number of thiol groups is 1. The topological polar surface area (TPSA) is 75.3 Å². The first-order chi connectivity index (χ1) is 6.61. The molecule has 84 valence electrons. The normalized spacial score (nSPS) is 15.1. The van der Waals surface area contributed by atoms with Gasteiger partial charge < -0.3 is 16.2 Å². The number of aliphatic carboxylic acids is 1. The molecule has 0 saturated heterocycles. The van der Waals surface area contributed by atoms with Gasteiger partial charge >= 0.3 is 5.97 Å². The average molecular weight is 220 g/mol. The molecule has 14 heavy (non-hydrogen) atoms. The van der Waals surface area contributed by atoms with E-state index < -0.39 is 12.0 Å². The summed E-state index contributed by atoms with van der Waals surface area (Å²) in [4.78, 5) is 10.8. The molecule has 0 bridgehead atoms. The number of hydrogen-bond acceptors (Lipinski definition) is 4. The van der Waals surface area contributed by atoms with Gasteiger partial charge in [0.05, 0.1) is 0 Å². The number of hydrogen-bond donors (Lipinski definition) is 4. The van der Waals surface area contributed by atoms with Gasteiger partial charge in [0.15, 0.2) is 0 Å². The Kier molecular flexibility index (Phi) is 7.93. The molecule has 0 aromatic rings. The third-order valence-electron chi connectivity index (χ3n) is 2.01. The second kappa shape index (κ2) is 8.08. The van der Waals surface area contributed by atoms with Crippen LogP contribution in [0.3, 0.4) is 0 Å². The fourth-order valence-electron chi connectivity index (χ4n) is 1.08. The van der Waals surface area contributed by atoms with E-state index in [1.165, 1.54) is 0 Å². The Morgan fingerprint density at radius 3 is 2.71 bits per heavy atom. The van der Waals surface area contributed by atoms with Crippen LogP contribution in [-0.2, 0) is 4.79 Å². The minimum Gasteiger partial charge on any atom is -0.480 e. The lowest BCUT2D eigenvalue weighted by Crippen LogP contribution is -2.44. The van der Waals surface area contributed by atoms with E-state index in [1.54, 1.807) is 0 Å². The molecule has 0 aromatic carbocycles. The first kappa shape index (κ1) is 13.7. The van der Waals surface area contributed by atoms with Crippen LogP contribution in [0.25, 0.3) is 0 Å². The molecule has 0 aliphatic heterocycles. The molecule has 0 fully saturated rings. The van der Waals surface area contributed by atoms with E-state index in [2.05, 4.69) is 17.9 Å². The number of nitrogens with two attached hydrogens (primary N) is 1. The average Bonchev–Trinajstić information content (AvgIpc) is 2.16. The van der Waals surface area contributed by atoms with Crippen molar-refractivity contribution in [3.8, 4) is 0 Å². The summed E-state index contributed by atoms with van der Waals surface area (Å²) >= 11 is 4.03. The van der Waals surface area contributed by atoms with Crippen molar-refractivity contribution in [1.29, 1.82) is 0 Å². The SMILES string of the molecule is CCCC[C@H](NC[C@@H](N)CS)C(=O)O. The van der Waals surface area contributed by atoms with Gasteiger partial charge in [0.25, 0.3) is 0 Å². The number of carbonyl (C=O) groups is 1. The molecule has 0 heterocycles. The zero-order chi connectivity index (χ0) is 11.0. The summed E-state index contributed by atoms with van der Waals surface area (Å²) in [6.07, 6.45) is 2.58. The number of rotatable bonds is 8. The highest BCUT2D eigenvalue weighted by Crippen LogP contribution is 2.00. The van der Waals surface area contributed by atoms with E-state index in [0.29, 0.717) is 18.7 Å². The van der Waals surface area contributed by atoms with Gasteiger partial charge in [-0.25, -0.2) is 0 Å². The van der Waals surface area contributed by atoms with E-state index >= 15 is 0 Å². The van der Waals surface area contributed by atoms with Crippen LogP contribution in [0.4, 0.5) is 0 Å². The van der Waals surface area contributed by atoms with Crippen LogP contribution in [0, 0.1) is 0 Å². The Morgan fingerprint density at radius 2 is 2.29 bits per heavy atom. The van der Waals surface area contributed by atoms with Crippen molar-refractivity contribution in [2.75, 3.05) is 12.3 Å². The van der Waals surface area contributed by atoms with Crippen LogP contribution in [-0.4, -0.2) is 35.5 Å². The second-order valence-corrected chi connectivity index (χ2v) is 3.75. The van der Waals surface area contributed by atoms with Crippen molar-refractivity contribution >= 4 is 18.6 Å². The fraction of sp³-hybridized carbons (Fsp3) is 0.889. The maximum Gasteiger partial charge on any atom is 0.320 e. The molecule has 0 amide bonds. The van der Waals surface area contributed by atoms with Crippen molar-refractivity contribution in [2.45, 2.75) is 38.3 Å². The molecule has 4 nitrogen and oxygen atoms in total. The van der Waals surface area contributed by atoms with Crippen molar-refractivity contribution in [3.63, 3.8) is 0 Å². The maximum atomic E-state index is 10.8. The van der Waals surface area contributed by atoms with E-state index in [9.17, 15) is 4.79 Å². The molecule has 0 aliphatic rings. The molecule has 0 unspecified atom stereocenters. The van der Waals surface area contributed by atoms with Crippen molar-refractivity contribution < 1.29 is 9.90 Å². The largest absolute Gasteiger partial charge is 0.480 e. The summed E-state index contributed by atoms with van der Waals surface area (Å²) < 4.78 is 0. The number of nitrogens with one attached hydrogen (secondary N) is 1. The highest BCUT2D eigenvalue weighted by Gasteiger charge is 2.16. The predicted molar refractivity (Wildman–Crippen MR) is 60.8 cm³/mol. The Labute approximate surface area is 90.7 Å². The van der Waals surface area contributed by atoms with Gasteiger partial charge in [-0.2, -0.15) is 12.6 Å². The predicted octanol–water partition coefficient (Wildman–Crippen LogP) is 0.477. The summed E-state index contributed by atoms with van der Waals surface area (Å²) in [6, 6.07) is -0.553. The Balaban J connectivity index is 3.79. The molecule has 0 aliphatic carbocycles. The first-order valence-corrected chi connectivity index (χ1v) is 5.57. The summed E-state index contributed by atoms with van der Waals surface area (Å²) in [5.74, 6) is -0.238. The highest BCUT2D eigenvalue weighted by atomic mass is 32.1. The summed E-state index contributed by atoms with van der Waals surface area (Å²) in [7, 11) is 0. The second-order valence-electron chi connectivity index (χ2n) is 3.38. The van der Waals surface area contributed by atoms with Gasteiger partial charge in [-0.05, 0) is 6.42 Å². The van der Waals surface area contributed by atoms with Crippen molar-refractivity contribution in [2.24, 2.45) is 5.73 Å².